The molecular formula is C13H21NO3. The lowest BCUT2D eigenvalue weighted by Crippen LogP contribution is -2.40. The first kappa shape index (κ1) is 13.7. The molecular weight excluding hydrogens is 218 g/mol. The largest absolute Gasteiger partial charge is 0.873 e. The van der Waals surface area contributed by atoms with Gasteiger partial charge in [0.25, 0.3) is 0 Å². The summed E-state index contributed by atoms with van der Waals surface area (Å²) >= 11 is 0. The number of nitrogens with zero attached hydrogens (tertiary/aromatic N) is 1. The van der Waals surface area contributed by atoms with E-state index in [-0.39, 0.29) is 17.0 Å². The summed E-state index contributed by atoms with van der Waals surface area (Å²) in [6.07, 6.45) is 0.632. The minimum atomic E-state index is -0.574. The van der Waals surface area contributed by atoms with Gasteiger partial charge in [-0.3, -0.25) is 4.79 Å². The highest BCUT2D eigenvalue weighted by molar-refractivity contribution is 5.97. The number of allylic oxidation sites excluding steroid dienone is 1. The van der Waals surface area contributed by atoms with Crippen molar-refractivity contribution in [2.24, 2.45) is 5.41 Å². The Bertz CT molecular complexity index is 397. The highest BCUT2D eigenvalue weighted by Gasteiger charge is 2.46. The zero-order chi connectivity index (χ0) is 13.4. The van der Waals surface area contributed by atoms with E-state index >= 15 is 0 Å². The van der Waals surface area contributed by atoms with Crippen LogP contribution in [0, 0.1) is 5.41 Å². The second kappa shape index (κ2) is 4.17. The van der Waals surface area contributed by atoms with Crippen LogP contribution in [0.2, 0.25) is 0 Å². The topological polar surface area (TPSA) is 52.4 Å². The summed E-state index contributed by atoms with van der Waals surface area (Å²) in [4.78, 5) is 12.2. The van der Waals surface area contributed by atoms with Crippen molar-refractivity contribution in [3.63, 3.8) is 0 Å². The summed E-state index contributed by atoms with van der Waals surface area (Å²) in [5, 5.41) is 11.2. The average molecular weight is 239 g/mol. The van der Waals surface area contributed by atoms with Crippen LogP contribution in [0.25, 0.3) is 0 Å². The third kappa shape index (κ3) is 2.51. The molecule has 0 atom stereocenters. The Morgan fingerprint density at radius 1 is 1.47 bits per heavy atom. The Morgan fingerprint density at radius 2 is 2.00 bits per heavy atom. The van der Waals surface area contributed by atoms with E-state index < -0.39 is 5.41 Å². The molecule has 0 saturated carbocycles. The molecule has 0 spiro atoms. The van der Waals surface area contributed by atoms with Crippen LogP contribution in [0.15, 0.2) is 12.0 Å². The van der Waals surface area contributed by atoms with Gasteiger partial charge in [0.2, 0.25) is 11.5 Å². The lowest BCUT2D eigenvalue weighted by atomic mass is 9.88. The van der Waals surface area contributed by atoms with Gasteiger partial charge in [-0.25, -0.2) is 0 Å². The van der Waals surface area contributed by atoms with Gasteiger partial charge < -0.3 is 9.84 Å². The van der Waals surface area contributed by atoms with Crippen molar-refractivity contribution in [3.05, 3.63) is 12.0 Å². The number of Topliss-reactive ketones (excluding diaryl/α,β-unsaturated/α-hetero) is 1. The van der Waals surface area contributed by atoms with Gasteiger partial charge in [-0.05, 0) is 0 Å². The summed E-state index contributed by atoms with van der Waals surface area (Å²) in [5.74, 6) is 0.445. The summed E-state index contributed by atoms with van der Waals surface area (Å²) in [6.45, 7) is 11.6. The quantitative estimate of drug-likeness (QED) is 0.411. The minimum absolute atomic E-state index is 0.162. The van der Waals surface area contributed by atoms with Gasteiger partial charge in [0.1, 0.15) is 0 Å². The molecule has 0 aromatic carbocycles. The van der Waals surface area contributed by atoms with Gasteiger partial charge in [-0.2, -0.15) is 4.58 Å². The number of ketones is 1. The lowest BCUT2D eigenvalue weighted by molar-refractivity contribution is -0.545. The molecule has 4 heteroatoms. The van der Waals surface area contributed by atoms with Crippen molar-refractivity contribution in [2.75, 3.05) is 6.61 Å². The van der Waals surface area contributed by atoms with Crippen LogP contribution in [0.4, 0.5) is 0 Å². The first-order chi connectivity index (χ1) is 7.61. The zero-order valence-corrected chi connectivity index (χ0v) is 11.5. The van der Waals surface area contributed by atoms with E-state index in [1.165, 1.54) is 0 Å². The molecule has 1 rings (SSSR count). The van der Waals surface area contributed by atoms with E-state index in [2.05, 4.69) is 0 Å². The van der Waals surface area contributed by atoms with Crippen molar-refractivity contribution >= 4 is 11.7 Å². The molecule has 0 unspecified atom stereocenters. The normalized spacial score (nSPS) is 20.5. The summed E-state index contributed by atoms with van der Waals surface area (Å²) in [5.41, 5.74) is -0.756. The van der Waals surface area contributed by atoms with Crippen LogP contribution < -0.4 is 5.11 Å². The Kier molecular flexibility index (Phi) is 3.37. The highest BCUT2D eigenvalue weighted by atomic mass is 16.5. The van der Waals surface area contributed by atoms with E-state index in [1.54, 1.807) is 32.3 Å². The Labute approximate surface area is 103 Å². The monoisotopic (exact) mass is 239 g/mol. The fraction of sp³-hybridized carbons (Fsp3) is 0.692. The maximum atomic E-state index is 12.2. The van der Waals surface area contributed by atoms with Crippen molar-refractivity contribution in [1.82, 2.24) is 0 Å². The number of rotatable bonds is 2. The molecule has 0 radical (unpaired) electrons. The second-order valence-electron chi connectivity index (χ2n) is 6.04. The summed E-state index contributed by atoms with van der Waals surface area (Å²) in [7, 11) is 0. The average Bonchev–Trinajstić information content (AvgIpc) is 2.44. The maximum absolute atomic E-state index is 12.2. The van der Waals surface area contributed by atoms with E-state index in [9.17, 15) is 9.90 Å². The van der Waals surface area contributed by atoms with Crippen molar-refractivity contribution in [2.45, 2.75) is 47.1 Å². The van der Waals surface area contributed by atoms with Gasteiger partial charge in [0.15, 0.2) is 12.1 Å². The molecule has 0 aromatic heterocycles. The highest BCUT2D eigenvalue weighted by Crippen LogP contribution is 2.27. The molecule has 0 aliphatic carbocycles. The van der Waals surface area contributed by atoms with Crippen molar-refractivity contribution in [3.8, 4) is 0 Å². The lowest BCUT2D eigenvalue weighted by Gasteiger charge is -2.21. The van der Waals surface area contributed by atoms with Gasteiger partial charge in [0, 0.05) is 19.3 Å². The Hall–Kier alpha value is -1.32. The molecule has 4 nitrogen and oxygen atoms in total. The molecule has 0 saturated heterocycles. The summed E-state index contributed by atoms with van der Waals surface area (Å²) in [6, 6.07) is 0. The first-order valence-electron chi connectivity index (χ1n) is 5.75. The first-order valence-corrected chi connectivity index (χ1v) is 5.75. The molecule has 1 heterocycles. The third-order valence-corrected chi connectivity index (χ3v) is 2.82. The van der Waals surface area contributed by atoms with Crippen LogP contribution in [0.1, 0.15) is 41.5 Å². The van der Waals surface area contributed by atoms with Gasteiger partial charge >= 0.3 is 5.90 Å². The van der Waals surface area contributed by atoms with Gasteiger partial charge in [-0.1, -0.05) is 27.0 Å². The molecule has 0 N–H and O–H groups in total. The van der Waals surface area contributed by atoms with Crippen LogP contribution in [0.3, 0.4) is 0 Å². The predicted octanol–water partition coefficient (Wildman–Crippen LogP) is 1.04. The molecule has 1 aliphatic heterocycles. The predicted molar refractivity (Wildman–Crippen MR) is 63.5 cm³/mol. The number of hydrogen-bond acceptors (Lipinski definition) is 3. The maximum Gasteiger partial charge on any atom is 0.339 e. The number of carbonyl (C=O) groups is 1. The number of hydrogen-bond donors (Lipinski definition) is 0. The zero-order valence-electron chi connectivity index (χ0n) is 11.5. The molecule has 0 amide bonds. The Balaban J connectivity index is 3.23. The van der Waals surface area contributed by atoms with E-state index in [1.807, 2.05) is 13.8 Å². The second-order valence-corrected chi connectivity index (χ2v) is 6.04. The van der Waals surface area contributed by atoms with Crippen LogP contribution in [0.5, 0.6) is 0 Å². The Morgan fingerprint density at radius 3 is 2.29 bits per heavy atom. The SMILES string of the molecule is CC1=[N+](/C(=C\[O-])C(=O)C(C)(C)C)C(C)(C)CO1. The van der Waals surface area contributed by atoms with Crippen LogP contribution in [-0.4, -0.2) is 28.4 Å². The number of carbonyl (C=O) groups excluding carboxylic acids is 1. The molecule has 96 valence electrons. The van der Waals surface area contributed by atoms with E-state index in [0.717, 1.165) is 0 Å². The third-order valence-electron chi connectivity index (χ3n) is 2.82. The van der Waals surface area contributed by atoms with E-state index in [0.29, 0.717) is 18.8 Å². The van der Waals surface area contributed by atoms with E-state index in [4.69, 9.17) is 4.74 Å². The molecule has 17 heavy (non-hydrogen) atoms. The number of ether oxygens (including phenoxy) is 1. The van der Waals surface area contributed by atoms with Crippen LogP contribution in [-0.2, 0) is 9.53 Å². The van der Waals surface area contributed by atoms with Crippen LogP contribution >= 0.6 is 0 Å². The smallest absolute Gasteiger partial charge is 0.339 e. The van der Waals surface area contributed by atoms with Crippen molar-refractivity contribution < 1.29 is 19.2 Å². The molecule has 0 bridgehead atoms. The van der Waals surface area contributed by atoms with Crippen molar-refractivity contribution in [1.29, 1.82) is 0 Å². The van der Waals surface area contributed by atoms with Gasteiger partial charge in [-0.15, -0.1) is 0 Å². The fourth-order valence-corrected chi connectivity index (χ4v) is 1.92. The standard InChI is InChI=1S/C13H21NO3/c1-9-14(13(5,6)8-17-9)10(7-15)11(16)12(2,3)4/h7H,8H2,1-6H3. The molecule has 0 aromatic rings. The minimum Gasteiger partial charge on any atom is -0.873 e. The van der Waals surface area contributed by atoms with Gasteiger partial charge in [0.05, 0.1) is 6.92 Å². The summed E-state index contributed by atoms with van der Waals surface area (Å²) < 4.78 is 7.14. The molecule has 0 fully saturated rings. The fourth-order valence-electron chi connectivity index (χ4n) is 1.92. The molecule has 1 aliphatic rings.